The molecule has 1 rings (SSSR count). The van der Waals surface area contributed by atoms with Crippen LogP contribution in [-0.2, 0) is 14.3 Å². The second-order valence-electron chi connectivity index (χ2n) is 3.50. The van der Waals surface area contributed by atoms with Crippen LogP contribution in [0.3, 0.4) is 0 Å². The van der Waals surface area contributed by atoms with Gasteiger partial charge >= 0.3 is 5.97 Å². The SMILES string of the molecule is CC=CC(=O)N(C)C1COCC1C(=O)O. The van der Waals surface area contributed by atoms with Gasteiger partial charge in [0.15, 0.2) is 0 Å². The molecule has 1 fully saturated rings. The Morgan fingerprint density at radius 1 is 1.47 bits per heavy atom. The van der Waals surface area contributed by atoms with Crippen molar-refractivity contribution in [2.45, 2.75) is 13.0 Å². The minimum atomic E-state index is -0.919. The molecule has 1 amide bonds. The van der Waals surface area contributed by atoms with E-state index in [2.05, 4.69) is 0 Å². The number of allylic oxidation sites excluding steroid dienone is 1. The highest BCUT2D eigenvalue weighted by molar-refractivity contribution is 5.88. The van der Waals surface area contributed by atoms with Gasteiger partial charge in [-0.3, -0.25) is 9.59 Å². The maximum atomic E-state index is 11.5. The van der Waals surface area contributed by atoms with Crippen molar-refractivity contribution >= 4 is 11.9 Å². The van der Waals surface area contributed by atoms with E-state index < -0.39 is 11.9 Å². The van der Waals surface area contributed by atoms with Gasteiger partial charge in [-0.25, -0.2) is 0 Å². The molecule has 1 aliphatic rings. The summed E-state index contributed by atoms with van der Waals surface area (Å²) in [5.41, 5.74) is 0. The Morgan fingerprint density at radius 3 is 2.67 bits per heavy atom. The molecule has 5 nitrogen and oxygen atoms in total. The number of carboxylic acids is 1. The lowest BCUT2D eigenvalue weighted by atomic mass is 10.0. The molecule has 0 aromatic heterocycles. The summed E-state index contributed by atoms with van der Waals surface area (Å²) in [6, 6.07) is -0.369. The van der Waals surface area contributed by atoms with Crippen LogP contribution in [0.2, 0.25) is 0 Å². The number of aliphatic carboxylic acids is 1. The number of hydrogen-bond donors (Lipinski definition) is 1. The second kappa shape index (κ2) is 4.93. The van der Waals surface area contributed by atoms with Crippen LogP contribution in [0.5, 0.6) is 0 Å². The lowest BCUT2D eigenvalue weighted by Gasteiger charge is -2.25. The van der Waals surface area contributed by atoms with E-state index in [0.717, 1.165) is 0 Å². The van der Waals surface area contributed by atoms with Crippen LogP contribution in [0.15, 0.2) is 12.2 Å². The summed E-state index contributed by atoms with van der Waals surface area (Å²) >= 11 is 0. The van der Waals surface area contributed by atoms with Crippen molar-refractivity contribution in [3.63, 3.8) is 0 Å². The Hall–Kier alpha value is -1.36. The van der Waals surface area contributed by atoms with Crippen molar-refractivity contribution in [1.29, 1.82) is 0 Å². The first-order valence-electron chi connectivity index (χ1n) is 4.78. The zero-order valence-corrected chi connectivity index (χ0v) is 8.84. The van der Waals surface area contributed by atoms with Crippen molar-refractivity contribution in [2.75, 3.05) is 20.3 Å². The van der Waals surface area contributed by atoms with Gasteiger partial charge in [0.1, 0.15) is 5.92 Å². The summed E-state index contributed by atoms with van der Waals surface area (Å²) in [6.07, 6.45) is 3.04. The highest BCUT2D eigenvalue weighted by Crippen LogP contribution is 2.19. The van der Waals surface area contributed by atoms with E-state index in [9.17, 15) is 9.59 Å². The average Bonchev–Trinajstić information content (AvgIpc) is 2.65. The molecular weight excluding hydrogens is 198 g/mol. The smallest absolute Gasteiger partial charge is 0.311 e. The predicted molar refractivity (Wildman–Crippen MR) is 53.3 cm³/mol. The normalized spacial score (nSPS) is 25.7. The molecule has 1 N–H and O–H groups in total. The van der Waals surface area contributed by atoms with Crippen molar-refractivity contribution < 1.29 is 19.4 Å². The van der Waals surface area contributed by atoms with E-state index in [1.54, 1.807) is 20.0 Å². The van der Waals surface area contributed by atoms with Crippen LogP contribution in [0.1, 0.15) is 6.92 Å². The number of carbonyl (C=O) groups excluding carboxylic acids is 1. The first-order chi connectivity index (χ1) is 7.07. The maximum Gasteiger partial charge on any atom is 0.311 e. The summed E-state index contributed by atoms with van der Waals surface area (Å²) in [7, 11) is 1.59. The van der Waals surface area contributed by atoms with E-state index in [1.165, 1.54) is 11.0 Å². The number of likely N-dealkylation sites (N-methyl/N-ethyl adjacent to an activating group) is 1. The monoisotopic (exact) mass is 213 g/mol. The van der Waals surface area contributed by atoms with E-state index >= 15 is 0 Å². The van der Waals surface area contributed by atoms with Crippen LogP contribution in [0, 0.1) is 5.92 Å². The minimum absolute atomic E-state index is 0.174. The average molecular weight is 213 g/mol. The van der Waals surface area contributed by atoms with Gasteiger partial charge in [0.2, 0.25) is 5.91 Å². The number of rotatable bonds is 3. The molecule has 0 aromatic carbocycles. The Bertz CT molecular complexity index is 287. The maximum absolute atomic E-state index is 11.5. The van der Waals surface area contributed by atoms with Crippen LogP contribution in [0.25, 0.3) is 0 Å². The molecule has 15 heavy (non-hydrogen) atoms. The molecule has 0 aliphatic carbocycles. The third kappa shape index (κ3) is 2.56. The topological polar surface area (TPSA) is 66.8 Å². The third-order valence-corrected chi connectivity index (χ3v) is 2.52. The summed E-state index contributed by atoms with van der Waals surface area (Å²) in [6.45, 7) is 2.20. The van der Waals surface area contributed by atoms with E-state index in [0.29, 0.717) is 0 Å². The lowest BCUT2D eigenvalue weighted by Crippen LogP contribution is -2.43. The Balaban J connectivity index is 2.70. The molecular formula is C10H15NO4. The summed E-state index contributed by atoms with van der Waals surface area (Å²) < 4.78 is 5.08. The van der Waals surface area contributed by atoms with Crippen molar-refractivity contribution in [3.8, 4) is 0 Å². The largest absolute Gasteiger partial charge is 0.481 e. The summed E-state index contributed by atoms with van der Waals surface area (Å²) in [5, 5.41) is 8.91. The molecule has 0 spiro atoms. The van der Waals surface area contributed by atoms with Crippen LogP contribution in [0.4, 0.5) is 0 Å². The van der Waals surface area contributed by atoms with E-state index in [-0.39, 0.29) is 25.2 Å². The fourth-order valence-electron chi connectivity index (χ4n) is 1.58. The van der Waals surface area contributed by atoms with Gasteiger partial charge in [-0.05, 0) is 13.0 Å². The van der Waals surface area contributed by atoms with Gasteiger partial charge in [0.25, 0.3) is 0 Å². The molecule has 0 saturated carbocycles. The zero-order chi connectivity index (χ0) is 11.4. The molecule has 0 radical (unpaired) electrons. The first kappa shape index (κ1) is 11.7. The van der Waals surface area contributed by atoms with Gasteiger partial charge < -0.3 is 14.7 Å². The number of amides is 1. The standard InChI is InChI=1S/C10H15NO4/c1-3-4-9(12)11(2)8-6-15-5-7(8)10(13)14/h3-4,7-8H,5-6H2,1-2H3,(H,13,14). The number of hydrogen-bond acceptors (Lipinski definition) is 3. The Kier molecular flexibility index (Phi) is 3.85. The molecule has 2 atom stereocenters. The number of carbonyl (C=O) groups is 2. The van der Waals surface area contributed by atoms with Gasteiger partial charge in [-0.2, -0.15) is 0 Å². The zero-order valence-electron chi connectivity index (χ0n) is 8.84. The Morgan fingerprint density at radius 2 is 2.13 bits per heavy atom. The lowest BCUT2D eigenvalue weighted by molar-refractivity contribution is -0.143. The number of nitrogens with zero attached hydrogens (tertiary/aromatic N) is 1. The molecule has 5 heteroatoms. The molecule has 1 saturated heterocycles. The summed E-state index contributed by atoms with van der Waals surface area (Å²) in [4.78, 5) is 23.8. The second-order valence-corrected chi connectivity index (χ2v) is 3.50. The van der Waals surface area contributed by atoms with Crippen molar-refractivity contribution in [3.05, 3.63) is 12.2 Å². The van der Waals surface area contributed by atoms with Crippen LogP contribution < -0.4 is 0 Å². The minimum Gasteiger partial charge on any atom is -0.481 e. The molecule has 1 heterocycles. The number of carboxylic acid groups (broad SMARTS) is 1. The quantitative estimate of drug-likeness (QED) is 0.676. The predicted octanol–water partition coefficient (Wildman–Crippen LogP) is 0.120. The van der Waals surface area contributed by atoms with Gasteiger partial charge in [-0.15, -0.1) is 0 Å². The molecule has 1 aliphatic heterocycles. The number of ether oxygens (including phenoxy) is 1. The fourth-order valence-corrected chi connectivity index (χ4v) is 1.58. The van der Waals surface area contributed by atoms with Crippen LogP contribution >= 0.6 is 0 Å². The van der Waals surface area contributed by atoms with Crippen LogP contribution in [-0.4, -0.2) is 48.2 Å². The van der Waals surface area contributed by atoms with Gasteiger partial charge in [0, 0.05) is 7.05 Å². The van der Waals surface area contributed by atoms with Gasteiger partial charge in [0.05, 0.1) is 19.3 Å². The molecule has 0 bridgehead atoms. The van der Waals surface area contributed by atoms with E-state index in [4.69, 9.17) is 9.84 Å². The van der Waals surface area contributed by atoms with Crippen molar-refractivity contribution in [1.82, 2.24) is 4.90 Å². The Labute approximate surface area is 88.3 Å². The van der Waals surface area contributed by atoms with Crippen molar-refractivity contribution in [2.24, 2.45) is 5.92 Å². The molecule has 84 valence electrons. The third-order valence-electron chi connectivity index (χ3n) is 2.52. The molecule has 2 unspecified atom stereocenters. The highest BCUT2D eigenvalue weighted by atomic mass is 16.5. The summed E-state index contributed by atoms with van der Waals surface area (Å²) in [5.74, 6) is -1.74. The molecule has 0 aromatic rings. The highest BCUT2D eigenvalue weighted by Gasteiger charge is 2.37. The fraction of sp³-hybridized carbons (Fsp3) is 0.600. The first-order valence-corrected chi connectivity index (χ1v) is 4.78. The van der Waals surface area contributed by atoms with Gasteiger partial charge in [-0.1, -0.05) is 6.08 Å². The van der Waals surface area contributed by atoms with E-state index in [1.807, 2.05) is 0 Å².